The first-order valence-corrected chi connectivity index (χ1v) is 9.08. The van der Waals surface area contributed by atoms with E-state index in [1.807, 2.05) is 0 Å². The van der Waals surface area contributed by atoms with Gasteiger partial charge in [-0.25, -0.2) is 0 Å². The van der Waals surface area contributed by atoms with Crippen molar-refractivity contribution in [2.75, 3.05) is 24.2 Å². The second-order valence-corrected chi connectivity index (χ2v) is 7.82. The first-order chi connectivity index (χ1) is 10.2. The van der Waals surface area contributed by atoms with Crippen LogP contribution in [0, 0.1) is 29.1 Å². The number of hydrogen-bond acceptors (Lipinski definition) is 3. The molecule has 2 aliphatic rings. The number of hydrogen-bond donors (Lipinski definition) is 0. The Labute approximate surface area is 132 Å². The van der Waals surface area contributed by atoms with Gasteiger partial charge in [0.05, 0.1) is 11.3 Å². The van der Waals surface area contributed by atoms with Crippen LogP contribution in [-0.4, -0.2) is 19.3 Å². The fourth-order valence-corrected chi connectivity index (χ4v) is 5.06. The maximum atomic E-state index is 9.55. The van der Waals surface area contributed by atoms with Gasteiger partial charge in [-0.15, -0.1) is 11.8 Å². The second kappa shape index (κ2) is 6.32. The number of anilines is 1. The number of fused-ring (bicyclic) bond motifs is 2. The number of thioether (sulfide) groups is 1. The molecule has 2 nitrogen and oxygen atoms in total. The molecule has 21 heavy (non-hydrogen) atoms. The van der Waals surface area contributed by atoms with Gasteiger partial charge in [0.25, 0.3) is 0 Å². The monoisotopic (exact) mass is 300 g/mol. The predicted molar refractivity (Wildman–Crippen MR) is 89.8 cm³/mol. The molecule has 0 saturated heterocycles. The molecule has 0 spiro atoms. The van der Waals surface area contributed by atoms with Crippen LogP contribution in [0.2, 0.25) is 0 Å². The van der Waals surface area contributed by atoms with E-state index in [9.17, 15) is 5.26 Å². The Bertz CT molecular complexity index is 549. The summed E-state index contributed by atoms with van der Waals surface area (Å²) in [4.78, 5) is 3.45. The summed E-state index contributed by atoms with van der Waals surface area (Å²) in [5.41, 5.74) is 1.97. The van der Waals surface area contributed by atoms with Gasteiger partial charge in [0.1, 0.15) is 6.07 Å². The number of nitrogens with zero attached hydrogens (tertiary/aromatic N) is 2. The van der Waals surface area contributed by atoms with Crippen molar-refractivity contribution >= 4 is 17.4 Å². The Balaban J connectivity index is 1.76. The number of nitriles is 1. The zero-order valence-electron chi connectivity index (χ0n) is 13.0. The van der Waals surface area contributed by atoms with Crippen LogP contribution in [0.4, 0.5) is 5.69 Å². The zero-order chi connectivity index (χ0) is 14.8. The smallest absolute Gasteiger partial charge is 0.103 e. The minimum atomic E-state index is 0.836. The van der Waals surface area contributed by atoms with Gasteiger partial charge in [-0.05, 0) is 54.9 Å². The average molecular weight is 300 g/mol. The van der Waals surface area contributed by atoms with Crippen molar-refractivity contribution in [3.05, 3.63) is 23.8 Å². The highest BCUT2D eigenvalue weighted by atomic mass is 32.2. The molecular weight excluding hydrogens is 276 g/mol. The minimum Gasteiger partial charge on any atom is -0.373 e. The van der Waals surface area contributed by atoms with Crippen molar-refractivity contribution in [2.45, 2.75) is 37.5 Å². The Morgan fingerprint density at radius 3 is 2.81 bits per heavy atom. The molecule has 0 N–H and O–H groups in total. The standard InChI is InChI=1S/C18H24N2S/c1-3-21-18-6-4-5-17(16(18)11-19)20(2)12-15-10-13-7-8-14(15)9-13/h4-6,13-15H,3,7-10,12H2,1-2H3. The lowest BCUT2D eigenvalue weighted by molar-refractivity contribution is 0.337. The highest BCUT2D eigenvalue weighted by molar-refractivity contribution is 7.99. The van der Waals surface area contributed by atoms with Gasteiger partial charge in [-0.2, -0.15) is 5.26 Å². The van der Waals surface area contributed by atoms with Crippen molar-refractivity contribution < 1.29 is 0 Å². The van der Waals surface area contributed by atoms with Crippen molar-refractivity contribution in [3.63, 3.8) is 0 Å². The normalized spacial score (nSPS) is 26.8. The first kappa shape index (κ1) is 14.8. The summed E-state index contributed by atoms with van der Waals surface area (Å²) < 4.78 is 0. The SMILES string of the molecule is CCSc1cccc(N(C)CC2CC3CCC2C3)c1C#N. The Morgan fingerprint density at radius 2 is 2.19 bits per heavy atom. The van der Waals surface area contributed by atoms with E-state index in [-0.39, 0.29) is 0 Å². The van der Waals surface area contributed by atoms with E-state index in [1.54, 1.807) is 11.8 Å². The van der Waals surface area contributed by atoms with Crippen molar-refractivity contribution in [1.82, 2.24) is 0 Å². The van der Waals surface area contributed by atoms with E-state index in [0.717, 1.165) is 46.2 Å². The lowest BCUT2D eigenvalue weighted by Gasteiger charge is -2.29. The van der Waals surface area contributed by atoms with Gasteiger partial charge in [0, 0.05) is 18.5 Å². The van der Waals surface area contributed by atoms with E-state index in [4.69, 9.17) is 0 Å². The maximum Gasteiger partial charge on any atom is 0.103 e. The predicted octanol–water partition coefficient (Wildman–Crippen LogP) is 4.54. The lowest BCUT2D eigenvalue weighted by atomic mass is 9.88. The molecule has 0 heterocycles. The summed E-state index contributed by atoms with van der Waals surface area (Å²) in [6.45, 7) is 3.24. The Kier molecular flexibility index (Phi) is 4.45. The minimum absolute atomic E-state index is 0.836. The lowest BCUT2D eigenvalue weighted by Crippen LogP contribution is -2.29. The number of benzene rings is 1. The Hall–Kier alpha value is -1.14. The molecule has 3 heteroatoms. The van der Waals surface area contributed by atoms with Gasteiger partial charge in [0.15, 0.2) is 0 Å². The summed E-state index contributed by atoms with van der Waals surface area (Å²) >= 11 is 1.76. The molecule has 1 aromatic carbocycles. The molecule has 0 amide bonds. The van der Waals surface area contributed by atoms with Crippen LogP contribution in [0.1, 0.15) is 38.2 Å². The van der Waals surface area contributed by atoms with E-state index in [1.165, 1.54) is 25.7 Å². The first-order valence-electron chi connectivity index (χ1n) is 8.10. The molecule has 0 radical (unpaired) electrons. The van der Waals surface area contributed by atoms with Crippen molar-refractivity contribution in [1.29, 1.82) is 5.26 Å². The fourth-order valence-electron chi connectivity index (χ4n) is 4.28. The molecular formula is C18H24N2S. The van der Waals surface area contributed by atoms with E-state index >= 15 is 0 Å². The molecule has 2 bridgehead atoms. The van der Waals surface area contributed by atoms with Gasteiger partial charge >= 0.3 is 0 Å². The second-order valence-electron chi connectivity index (χ2n) is 6.51. The summed E-state index contributed by atoms with van der Waals surface area (Å²) in [5.74, 6) is 3.78. The van der Waals surface area contributed by atoms with Gasteiger partial charge in [-0.3, -0.25) is 0 Å². The fraction of sp³-hybridized carbons (Fsp3) is 0.611. The van der Waals surface area contributed by atoms with Gasteiger partial charge < -0.3 is 4.90 Å². The summed E-state index contributed by atoms with van der Waals surface area (Å²) in [7, 11) is 2.16. The molecule has 3 atom stereocenters. The van der Waals surface area contributed by atoms with Crippen LogP contribution in [-0.2, 0) is 0 Å². The van der Waals surface area contributed by atoms with Crippen LogP contribution >= 0.6 is 11.8 Å². The quantitative estimate of drug-likeness (QED) is 0.747. The van der Waals surface area contributed by atoms with Gasteiger partial charge in [0.2, 0.25) is 0 Å². The van der Waals surface area contributed by atoms with Crippen molar-refractivity contribution in [3.8, 4) is 6.07 Å². The third-order valence-electron chi connectivity index (χ3n) is 5.22. The van der Waals surface area contributed by atoms with Crippen molar-refractivity contribution in [2.24, 2.45) is 17.8 Å². The molecule has 3 rings (SSSR count). The molecule has 2 aliphatic carbocycles. The molecule has 3 unspecified atom stereocenters. The Morgan fingerprint density at radius 1 is 1.33 bits per heavy atom. The largest absolute Gasteiger partial charge is 0.373 e. The average Bonchev–Trinajstić information content (AvgIpc) is 3.10. The van der Waals surface area contributed by atoms with Crippen LogP contribution in [0.3, 0.4) is 0 Å². The maximum absolute atomic E-state index is 9.55. The topological polar surface area (TPSA) is 27.0 Å². The highest BCUT2D eigenvalue weighted by Crippen LogP contribution is 2.48. The highest BCUT2D eigenvalue weighted by Gasteiger charge is 2.39. The summed E-state index contributed by atoms with van der Waals surface area (Å²) in [6.07, 6.45) is 5.74. The molecule has 2 saturated carbocycles. The van der Waals surface area contributed by atoms with Gasteiger partial charge in [-0.1, -0.05) is 19.4 Å². The third kappa shape index (κ3) is 2.92. The van der Waals surface area contributed by atoms with Crippen LogP contribution in [0.5, 0.6) is 0 Å². The number of rotatable bonds is 5. The molecule has 0 aliphatic heterocycles. The van der Waals surface area contributed by atoms with Crippen LogP contribution in [0.25, 0.3) is 0 Å². The summed E-state index contributed by atoms with van der Waals surface area (Å²) in [5, 5.41) is 9.55. The summed E-state index contributed by atoms with van der Waals surface area (Å²) in [6, 6.07) is 8.69. The van der Waals surface area contributed by atoms with E-state index in [2.05, 4.69) is 43.1 Å². The zero-order valence-corrected chi connectivity index (χ0v) is 13.8. The molecule has 112 valence electrons. The van der Waals surface area contributed by atoms with Crippen LogP contribution < -0.4 is 4.90 Å². The molecule has 1 aromatic rings. The molecule has 0 aromatic heterocycles. The van der Waals surface area contributed by atoms with E-state index < -0.39 is 0 Å². The molecule has 2 fully saturated rings. The van der Waals surface area contributed by atoms with E-state index in [0.29, 0.717) is 0 Å². The van der Waals surface area contributed by atoms with Crippen LogP contribution in [0.15, 0.2) is 23.1 Å². The third-order valence-corrected chi connectivity index (χ3v) is 6.16.